The molecule has 9 nitrogen and oxygen atoms in total. The number of anilines is 1. The minimum atomic E-state index is -0.521. The number of carbonyl (C=O) groups is 1. The number of benzene rings is 1. The van der Waals surface area contributed by atoms with Gasteiger partial charge in [0.2, 0.25) is 5.95 Å². The van der Waals surface area contributed by atoms with E-state index in [-0.39, 0.29) is 22.4 Å². The maximum Gasteiger partial charge on any atom is 0.289 e. The first kappa shape index (κ1) is 18.9. The van der Waals surface area contributed by atoms with Crippen molar-refractivity contribution in [1.82, 2.24) is 14.9 Å². The Labute approximate surface area is 170 Å². The molecular formula is C19H16ClN5O4. The van der Waals surface area contributed by atoms with E-state index < -0.39 is 4.92 Å². The van der Waals surface area contributed by atoms with Crippen LogP contribution >= 0.6 is 11.6 Å². The third-order valence-corrected chi connectivity index (χ3v) is 4.96. The minimum Gasteiger partial charge on any atom is -0.451 e. The maximum absolute atomic E-state index is 12.8. The van der Waals surface area contributed by atoms with E-state index in [4.69, 9.17) is 16.0 Å². The number of hydrogen-bond acceptors (Lipinski definition) is 7. The van der Waals surface area contributed by atoms with Crippen molar-refractivity contribution in [3.8, 4) is 11.3 Å². The largest absolute Gasteiger partial charge is 0.451 e. The number of rotatable bonds is 4. The number of nitrogens with zero attached hydrogens (tertiary/aromatic N) is 5. The molecule has 1 amide bonds. The van der Waals surface area contributed by atoms with Crippen LogP contribution in [-0.2, 0) is 0 Å². The number of aromatic nitrogens is 2. The van der Waals surface area contributed by atoms with Crippen LogP contribution in [0.3, 0.4) is 0 Å². The summed E-state index contributed by atoms with van der Waals surface area (Å²) >= 11 is 6.14. The lowest BCUT2D eigenvalue weighted by Crippen LogP contribution is -2.49. The molecule has 0 radical (unpaired) electrons. The van der Waals surface area contributed by atoms with E-state index in [1.165, 1.54) is 18.2 Å². The van der Waals surface area contributed by atoms with Crippen molar-refractivity contribution < 1.29 is 14.1 Å². The van der Waals surface area contributed by atoms with Crippen molar-refractivity contribution in [3.63, 3.8) is 0 Å². The summed E-state index contributed by atoms with van der Waals surface area (Å²) in [6, 6.07) is 9.08. The minimum absolute atomic E-state index is 0.109. The highest BCUT2D eigenvalue weighted by Crippen LogP contribution is 2.32. The Balaban J connectivity index is 1.45. The highest BCUT2D eigenvalue weighted by atomic mass is 35.5. The Morgan fingerprint density at radius 1 is 1.10 bits per heavy atom. The van der Waals surface area contributed by atoms with Gasteiger partial charge in [-0.25, -0.2) is 9.97 Å². The molecule has 1 aliphatic rings. The van der Waals surface area contributed by atoms with Crippen molar-refractivity contribution >= 4 is 29.1 Å². The van der Waals surface area contributed by atoms with Crippen LogP contribution in [0.15, 0.2) is 53.2 Å². The summed E-state index contributed by atoms with van der Waals surface area (Å²) < 4.78 is 5.69. The van der Waals surface area contributed by atoms with Crippen LogP contribution in [0.2, 0.25) is 5.02 Å². The maximum atomic E-state index is 12.8. The van der Waals surface area contributed by atoms with Gasteiger partial charge in [0.25, 0.3) is 11.6 Å². The second kappa shape index (κ2) is 7.88. The molecule has 0 atom stereocenters. The predicted octanol–water partition coefficient (Wildman–Crippen LogP) is 3.26. The Morgan fingerprint density at radius 2 is 1.83 bits per heavy atom. The van der Waals surface area contributed by atoms with Gasteiger partial charge in [-0.1, -0.05) is 11.6 Å². The van der Waals surface area contributed by atoms with Gasteiger partial charge in [0.1, 0.15) is 5.76 Å². The van der Waals surface area contributed by atoms with E-state index >= 15 is 0 Å². The molecule has 4 rings (SSSR count). The molecule has 148 valence electrons. The highest BCUT2D eigenvalue weighted by Gasteiger charge is 2.25. The molecule has 0 bridgehead atoms. The molecule has 1 aliphatic heterocycles. The number of carbonyl (C=O) groups excluding carboxylic acids is 1. The molecule has 0 saturated carbocycles. The number of non-ortho nitro benzene ring substituents is 1. The van der Waals surface area contributed by atoms with Crippen LogP contribution in [0.4, 0.5) is 11.6 Å². The Bertz CT molecular complexity index is 1050. The smallest absolute Gasteiger partial charge is 0.289 e. The number of amides is 1. The zero-order chi connectivity index (χ0) is 20.4. The first-order valence-electron chi connectivity index (χ1n) is 8.88. The van der Waals surface area contributed by atoms with Crippen LogP contribution in [0.1, 0.15) is 10.6 Å². The van der Waals surface area contributed by atoms with E-state index in [1.54, 1.807) is 35.5 Å². The van der Waals surface area contributed by atoms with Gasteiger partial charge < -0.3 is 14.2 Å². The molecular weight excluding hydrogens is 398 g/mol. The standard InChI is InChI=1S/C19H16ClN5O4/c20-15-12-13(25(27)28)2-3-14(15)16-4-5-17(29-16)18(26)23-8-10-24(11-9-23)19-21-6-1-7-22-19/h1-7,12H,8-11H2. The zero-order valence-electron chi connectivity index (χ0n) is 15.2. The van der Waals surface area contributed by atoms with E-state index in [0.717, 1.165) is 0 Å². The summed E-state index contributed by atoms with van der Waals surface area (Å²) in [5, 5.41) is 11.0. The average molecular weight is 414 g/mol. The normalized spacial score (nSPS) is 14.1. The monoisotopic (exact) mass is 413 g/mol. The third-order valence-electron chi connectivity index (χ3n) is 4.65. The Hall–Kier alpha value is -3.46. The van der Waals surface area contributed by atoms with Gasteiger partial charge in [0.05, 0.1) is 9.95 Å². The Kier molecular flexibility index (Phi) is 5.13. The summed E-state index contributed by atoms with van der Waals surface area (Å²) in [7, 11) is 0. The third kappa shape index (κ3) is 3.90. The van der Waals surface area contributed by atoms with Crippen LogP contribution in [-0.4, -0.2) is 51.9 Å². The van der Waals surface area contributed by atoms with Gasteiger partial charge >= 0.3 is 0 Å². The molecule has 2 aromatic heterocycles. The molecule has 0 aliphatic carbocycles. The molecule has 10 heteroatoms. The fourth-order valence-electron chi connectivity index (χ4n) is 3.13. The molecule has 0 N–H and O–H groups in total. The average Bonchev–Trinajstić information content (AvgIpc) is 3.24. The number of nitro benzene ring substituents is 1. The molecule has 1 fully saturated rings. The van der Waals surface area contributed by atoms with Gasteiger partial charge in [-0.05, 0) is 24.3 Å². The number of furan rings is 1. The van der Waals surface area contributed by atoms with Crippen molar-refractivity contribution in [2.45, 2.75) is 0 Å². The van der Waals surface area contributed by atoms with E-state index in [9.17, 15) is 14.9 Å². The Morgan fingerprint density at radius 3 is 2.48 bits per heavy atom. The van der Waals surface area contributed by atoms with E-state index in [0.29, 0.717) is 43.5 Å². The molecule has 1 aromatic carbocycles. The van der Waals surface area contributed by atoms with Gasteiger partial charge in [-0.3, -0.25) is 14.9 Å². The fourth-order valence-corrected chi connectivity index (χ4v) is 3.40. The predicted molar refractivity (Wildman–Crippen MR) is 106 cm³/mol. The number of nitro groups is 1. The molecule has 29 heavy (non-hydrogen) atoms. The molecule has 0 unspecified atom stereocenters. The zero-order valence-corrected chi connectivity index (χ0v) is 16.0. The van der Waals surface area contributed by atoms with Crippen LogP contribution in [0, 0.1) is 10.1 Å². The summed E-state index contributed by atoms with van der Waals surface area (Å²) in [6.45, 7) is 2.28. The summed E-state index contributed by atoms with van der Waals surface area (Å²) in [6.07, 6.45) is 3.38. The van der Waals surface area contributed by atoms with Crippen molar-refractivity contribution in [2.75, 3.05) is 31.1 Å². The van der Waals surface area contributed by atoms with Gasteiger partial charge in [-0.2, -0.15) is 0 Å². The van der Waals surface area contributed by atoms with Gasteiger partial charge in [0.15, 0.2) is 5.76 Å². The number of piperazine rings is 1. The van der Waals surface area contributed by atoms with Crippen molar-refractivity contribution in [1.29, 1.82) is 0 Å². The molecule has 3 aromatic rings. The molecule has 1 saturated heterocycles. The number of halogens is 1. The van der Waals surface area contributed by atoms with Crippen LogP contribution < -0.4 is 4.90 Å². The highest BCUT2D eigenvalue weighted by molar-refractivity contribution is 6.33. The lowest BCUT2D eigenvalue weighted by atomic mass is 10.1. The van der Waals surface area contributed by atoms with Crippen molar-refractivity contribution in [2.24, 2.45) is 0 Å². The lowest BCUT2D eigenvalue weighted by molar-refractivity contribution is -0.384. The summed E-state index contributed by atoms with van der Waals surface area (Å²) in [5.41, 5.74) is 0.379. The van der Waals surface area contributed by atoms with Crippen molar-refractivity contribution in [3.05, 3.63) is 69.7 Å². The van der Waals surface area contributed by atoms with E-state index in [2.05, 4.69) is 9.97 Å². The topological polar surface area (TPSA) is 106 Å². The second-order valence-corrected chi connectivity index (χ2v) is 6.82. The van der Waals surface area contributed by atoms with Crippen LogP contribution in [0.5, 0.6) is 0 Å². The summed E-state index contributed by atoms with van der Waals surface area (Å²) in [4.78, 5) is 35.3. The SMILES string of the molecule is O=C(c1ccc(-c2ccc([N+](=O)[O-])cc2Cl)o1)N1CCN(c2ncccn2)CC1. The number of hydrogen-bond donors (Lipinski definition) is 0. The molecule has 0 spiro atoms. The second-order valence-electron chi connectivity index (χ2n) is 6.41. The van der Waals surface area contributed by atoms with E-state index in [1.807, 2.05) is 4.90 Å². The van der Waals surface area contributed by atoms with Crippen LogP contribution in [0.25, 0.3) is 11.3 Å². The quantitative estimate of drug-likeness (QED) is 0.477. The molecule has 3 heterocycles. The van der Waals surface area contributed by atoms with Gasteiger partial charge in [-0.15, -0.1) is 0 Å². The van der Waals surface area contributed by atoms with Gasteiger partial charge in [0, 0.05) is 56.3 Å². The fraction of sp³-hybridized carbons (Fsp3) is 0.211. The first-order valence-corrected chi connectivity index (χ1v) is 9.26. The first-order chi connectivity index (χ1) is 14.0. The lowest BCUT2D eigenvalue weighted by Gasteiger charge is -2.34. The summed E-state index contributed by atoms with van der Waals surface area (Å²) in [5.74, 6) is 0.999.